The fraction of sp³-hybridized carbons (Fsp3) is 0.538. The third-order valence-electron chi connectivity index (χ3n) is 3.19. The number of hydrogen-bond donors (Lipinski definition) is 1. The molecule has 0 unspecified atom stereocenters. The Morgan fingerprint density at radius 1 is 1.42 bits per heavy atom. The Labute approximate surface area is 119 Å². The van der Waals surface area contributed by atoms with Crippen LogP contribution in [0.1, 0.15) is 23.1 Å². The minimum Gasteiger partial charge on any atom is -0.315 e. The van der Waals surface area contributed by atoms with E-state index in [1.54, 1.807) is 21.7 Å². The second-order valence-corrected chi connectivity index (χ2v) is 8.09. The Balaban J connectivity index is 2.31. The highest BCUT2D eigenvalue weighted by Crippen LogP contribution is 2.29. The van der Waals surface area contributed by atoms with Crippen molar-refractivity contribution in [2.24, 2.45) is 0 Å². The number of hydrogen-bond acceptors (Lipinski definition) is 4. The highest BCUT2D eigenvalue weighted by molar-refractivity contribution is 7.89. The fourth-order valence-electron chi connectivity index (χ4n) is 2.26. The maximum Gasteiger partial charge on any atom is 0.244 e. The van der Waals surface area contributed by atoms with E-state index in [-0.39, 0.29) is 0 Å². The predicted octanol–water partition coefficient (Wildman–Crippen LogP) is 2.12. The summed E-state index contributed by atoms with van der Waals surface area (Å²) < 4.78 is 26.9. The minimum absolute atomic E-state index is 0.470. The van der Waals surface area contributed by atoms with Gasteiger partial charge in [-0.05, 0) is 33.4 Å². The molecule has 2 heterocycles. The van der Waals surface area contributed by atoms with Gasteiger partial charge in [0.1, 0.15) is 0 Å². The molecule has 1 N–H and O–H groups in total. The van der Waals surface area contributed by atoms with Crippen LogP contribution in [0.15, 0.2) is 22.6 Å². The van der Waals surface area contributed by atoms with Crippen molar-refractivity contribution in [3.8, 4) is 0 Å². The van der Waals surface area contributed by atoms with Gasteiger partial charge in [-0.1, -0.05) is 11.6 Å². The number of rotatable bonds is 4. The zero-order chi connectivity index (χ0) is 14.0. The average molecular weight is 300 g/mol. The van der Waals surface area contributed by atoms with E-state index < -0.39 is 10.0 Å². The highest BCUT2D eigenvalue weighted by Gasteiger charge is 2.28. The van der Waals surface area contributed by atoms with E-state index in [4.69, 9.17) is 0 Å². The molecule has 19 heavy (non-hydrogen) atoms. The standard InChI is InChI=1S/C13H20N2O2S2/c1-10-5-4-6-15(9-10)19(16,17)13-7-12(8-14-3)18-11(13)2/h5,7,14H,4,6,8-9H2,1-3H3. The molecule has 0 aromatic carbocycles. The third kappa shape index (κ3) is 3.08. The van der Waals surface area contributed by atoms with E-state index in [0.29, 0.717) is 24.5 Å². The molecule has 0 atom stereocenters. The van der Waals surface area contributed by atoms with Crippen molar-refractivity contribution in [2.45, 2.75) is 31.7 Å². The number of nitrogens with zero attached hydrogens (tertiary/aromatic N) is 1. The van der Waals surface area contributed by atoms with Gasteiger partial charge in [-0.3, -0.25) is 0 Å². The molecule has 0 saturated carbocycles. The zero-order valence-electron chi connectivity index (χ0n) is 11.6. The molecule has 1 aliphatic heterocycles. The smallest absolute Gasteiger partial charge is 0.244 e. The van der Waals surface area contributed by atoms with Crippen molar-refractivity contribution in [1.82, 2.24) is 9.62 Å². The van der Waals surface area contributed by atoms with E-state index >= 15 is 0 Å². The lowest BCUT2D eigenvalue weighted by Gasteiger charge is -2.25. The summed E-state index contributed by atoms with van der Waals surface area (Å²) in [5, 5.41) is 3.06. The van der Waals surface area contributed by atoms with Gasteiger partial charge in [0.25, 0.3) is 0 Å². The summed E-state index contributed by atoms with van der Waals surface area (Å²) in [6.45, 7) is 5.66. The molecule has 1 aromatic heterocycles. The first-order valence-corrected chi connectivity index (χ1v) is 8.60. The Kier molecular flexibility index (Phi) is 4.45. The van der Waals surface area contributed by atoms with E-state index in [2.05, 4.69) is 11.4 Å². The van der Waals surface area contributed by atoms with Crippen LogP contribution in [0.2, 0.25) is 0 Å². The van der Waals surface area contributed by atoms with Crippen molar-refractivity contribution in [3.05, 3.63) is 27.5 Å². The van der Waals surface area contributed by atoms with Gasteiger partial charge >= 0.3 is 0 Å². The van der Waals surface area contributed by atoms with Gasteiger partial charge in [0, 0.05) is 29.4 Å². The zero-order valence-corrected chi connectivity index (χ0v) is 13.2. The first kappa shape index (κ1) is 14.7. The second-order valence-electron chi connectivity index (χ2n) is 4.84. The summed E-state index contributed by atoms with van der Waals surface area (Å²) in [5.41, 5.74) is 1.12. The number of nitrogens with one attached hydrogen (secondary N) is 1. The molecule has 0 bridgehead atoms. The van der Waals surface area contributed by atoms with E-state index in [9.17, 15) is 8.42 Å². The molecule has 1 aromatic rings. The van der Waals surface area contributed by atoms with Crippen molar-refractivity contribution in [1.29, 1.82) is 0 Å². The summed E-state index contributed by atoms with van der Waals surface area (Å²) in [4.78, 5) is 2.40. The van der Waals surface area contributed by atoms with Crippen LogP contribution in [0, 0.1) is 6.92 Å². The van der Waals surface area contributed by atoms with Gasteiger partial charge in [0.2, 0.25) is 10.0 Å². The Hall–Kier alpha value is -0.690. The van der Waals surface area contributed by atoms with Gasteiger partial charge in [-0.2, -0.15) is 4.31 Å². The SMILES string of the molecule is CNCc1cc(S(=O)(=O)N2CCC=C(C)C2)c(C)s1. The fourth-order valence-corrected chi connectivity index (χ4v) is 5.38. The Bertz CT molecular complexity index is 588. The molecule has 0 fully saturated rings. The summed E-state index contributed by atoms with van der Waals surface area (Å²) in [5.74, 6) is 0. The van der Waals surface area contributed by atoms with Gasteiger partial charge in [-0.15, -0.1) is 11.3 Å². The van der Waals surface area contributed by atoms with Crippen LogP contribution >= 0.6 is 11.3 Å². The van der Waals surface area contributed by atoms with Crippen molar-refractivity contribution < 1.29 is 8.42 Å². The number of sulfonamides is 1. The monoisotopic (exact) mass is 300 g/mol. The minimum atomic E-state index is -3.35. The van der Waals surface area contributed by atoms with Crippen LogP contribution in [0.5, 0.6) is 0 Å². The Morgan fingerprint density at radius 2 is 2.16 bits per heavy atom. The summed E-state index contributed by atoms with van der Waals surface area (Å²) in [6.07, 6.45) is 2.91. The molecule has 0 radical (unpaired) electrons. The number of aryl methyl sites for hydroxylation is 1. The lowest BCUT2D eigenvalue weighted by atomic mass is 10.2. The molecule has 106 valence electrons. The van der Waals surface area contributed by atoms with Crippen molar-refractivity contribution in [3.63, 3.8) is 0 Å². The van der Waals surface area contributed by atoms with Crippen LogP contribution in [0.4, 0.5) is 0 Å². The van der Waals surface area contributed by atoms with Crippen LogP contribution in [0.25, 0.3) is 0 Å². The van der Waals surface area contributed by atoms with E-state index in [0.717, 1.165) is 21.7 Å². The maximum atomic E-state index is 12.7. The molecule has 0 spiro atoms. The molecule has 0 saturated heterocycles. The molecular formula is C13H20N2O2S2. The topological polar surface area (TPSA) is 49.4 Å². The van der Waals surface area contributed by atoms with Crippen LogP contribution < -0.4 is 5.32 Å². The third-order valence-corrected chi connectivity index (χ3v) is 6.34. The van der Waals surface area contributed by atoms with E-state index in [1.165, 1.54) is 0 Å². The highest BCUT2D eigenvalue weighted by atomic mass is 32.2. The molecule has 4 nitrogen and oxygen atoms in total. The second kappa shape index (κ2) is 5.75. The molecule has 1 aliphatic rings. The maximum absolute atomic E-state index is 12.7. The summed E-state index contributed by atoms with van der Waals surface area (Å²) in [7, 11) is -1.48. The first-order chi connectivity index (χ1) is 8.95. The van der Waals surface area contributed by atoms with Gasteiger partial charge < -0.3 is 5.32 Å². The van der Waals surface area contributed by atoms with Crippen molar-refractivity contribution >= 4 is 21.4 Å². The predicted molar refractivity (Wildman–Crippen MR) is 79.0 cm³/mol. The molecule has 0 amide bonds. The lowest BCUT2D eigenvalue weighted by molar-refractivity contribution is 0.428. The largest absolute Gasteiger partial charge is 0.315 e. The summed E-state index contributed by atoms with van der Waals surface area (Å²) in [6, 6.07) is 1.81. The summed E-state index contributed by atoms with van der Waals surface area (Å²) >= 11 is 1.55. The van der Waals surface area contributed by atoms with Crippen LogP contribution in [-0.4, -0.2) is 32.9 Å². The lowest BCUT2D eigenvalue weighted by Crippen LogP contribution is -2.35. The number of thiophene rings is 1. The quantitative estimate of drug-likeness (QED) is 0.867. The van der Waals surface area contributed by atoms with Gasteiger partial charge in [0.15, 0.2) is 0 Å². The van der Waals surface area contributed by atoms with Crippen LogP contribution in [0.3, 0.4) is 0 Å². The molecule has 2 rings (SSSR count). The van der Waals surface area contributed by atoms with Crippen molar-refractivity contribution in [2.75, 3.05) is 20.1 Å². The first-order valence-electron chi connectivity index (χ1n) is 6.35. The van der Waals surface area contributed by atoms with Gasteiger partial charge in [0.05, 0.1) is 4.90 Å². The van der Waals surface area contributed by atoms with E-state index in [1.807, 2.05) is 20.9 Å². The van der Waals surface area contributed by atoms with Gasteiger partial charge in [-0.25, -0.2) is 8.42 Å². The normalized spacial score (nSPS) is 17.5. The molecule has 0 aliphatic carbocycles. The molecular weight excluding hydrogens is 280 g/mol. The average Bonchev–Trinajstić information content (AvgIpc) is 2.71. The Morgan fingerprint density at radius 3 is 2.79 bits per heavy atom. The van der Waals surface area contributed by atoms with Crippen LogP contribution in [-0.2, 0) is 16.6 Å². The molecule has 6 heteroatoms.